The second-order valence-corrected chi connectivity index (χ2v) is 16.0. The van der Waals surface area contributed by atoms with Gasteiger partial charge in [-0.2, -0.15) is 0 Å². The van der Waals surface area contributed by atoms with Gasteiger partial charge in [-0.15, -0.1) is 0 Å². The maximum Gasteiger partial charge on any atom is 0.187 e. The lowest BCUT2D eigenvalue weighted by Crippen LogP contribution is -2.71. The molecule has 3 saturated heterocycles. The van der Waals surface area contributed by atoms with E-state index in [1.807, 2.05) is 13.0 Å². The normalized spacial score (nSPS) is 60.3. The fraction of sp³-hybridized carbons (Fsp3) is 0.939. The lowest BCUT2D eigenvalue weighted by molar-refractivity contribution is -0.333. The van der Waals surface area contributed by atoms with Gasteiger partial charge < -0.3 is 54.7 Å². The summed E-state index contributed by atoms with van der Waals surface area (Å²) < 4.78 is 24.7. The van der Waals surface area contributed by atoms with Gasteiger partial charge in [0, 0.05) is 24.2 Å². The molecule has 44 heavy (non-hydrogen) atoms. The molecular weight excluding hydrogens is 572 g/mol. The van der Waals surface area contributed by atoms with Crippen LogP contribution in [0.25, 0.3) is 0 Å². The molecule has 7 aliphatic rings. The minimum Gasteiger partial charge on any atom is -0.394 e. The van der Waals surface area contributed by atoms with Crippen LogP contribution < -0.4 is 0 Å². The maximum absolute atomic E-state index is 12.7. The van der Waals surface area contributed by atoms with Crippen LogP contribution in [0.15, 0.2) is 11.6 Å². The van der Waals surface area contributed by atoms with Gasteiger partial charge in [-0.05, 0) is 67.3 Å². The molecule has 0 aromatic carbocycles. The third kappa shape index (κ3) is 4.14. The van der Waals surface area contributed by atoms with Crippen molar-refractivity contribution in [3.63, 3.8) is 0 Å². The van der Waals surface area contributed by atoms with E-state index in [0.29, 0.717) is 18.3 Å². The molecule has 7 N–H and O–H groups in total. The molecule has 4 aliphatic carbocycles. The monoisotopic (exact) mass is 624 g/mol. The largest absolute Gasteiger partial charge is 0.394 e. The molecule has 6 fully saturated rings. The summed E-state index contributed by atoms with van der Waals surface area (Å²) in [6.07, 6.45) is -3.05. The van der Waals surface area contributed by atoms with Crippen LogP contribution in [0.3, 0.4) is 0 Å². The Kier molecular flexibility index (Phi) is 7.53. The zero-order chi connectivity index (χ0) is 31.6. The van der Waals surface area contributed by atoms with Gasteiger partial charge in [0.2, 0.25) is 0 Å². The smallest absolute Gasteiger partial charge is 0.187 e. The van der Waals surface area contributed by atoms with Gasteiger partial charge in [0.25, 0.3) is 0 Å². The van der Waals surface area contributed by atoms with E-state index in [1.165, 1.54) is 0 Å². The van der Waals surface area contributed by atoms with Gasteiger partial charge in [-0.3, -0.25) is 0 Å². The predicted molar refractivity (Wildman–Crippen MR) is 155 cm³/mol. The highest BCUT2D eigenvalue weighted by Gasteiger charge is 2.73. The van der Waals surface area contributed by atoms with Gasteiger partial charge in [-0.25, -0.2) is 0 Å². The Morgan fingerprint density at radius 2 is 1.73 bits per heavy atom. The van der Waals surface area contributed by atoms with Crippen molar-refractivity contribution in [2.75, 3.05) is 13.2 Å². The van der Waals surface area contributed by atoms with Crippen LogP contribution in [0.2, 0.25) is 0 Å². The Balaban J connectivity index is 1.13. The first-order chi connectivity index (χ1) is 20.6. The number of ether oxygens (including phenoxy) is 4. The highest BCUT2D eigenvalue weighted by Crippen LogP contribution is 2.72. The van der Waals surface area contributed by atoms with Gasteiger partial charge in [0.15, 0.2) is 12.1 Å². The summed E-state index contributed by atoms with van der Waals surface area (Å²) in [5.41, 5.74) is -2.97. The SMILES string of the molecule is C[C@@H]1CC[C@@]2(OC1)O[C@H]1C[C@H]3C4=CC[C@@]5(O)C[C@@H](O[C@@H]6O[C@H](CO)[C@@H](O)[C@H](O)[C@H]6O)[C@H](O)C[C@]5(C)[C@@]4(O)CC[C@]3(C)[C@H]1[C@@H]2C. The van der Waals surface area contributed by atoms with Crippen LogP contribution in [-0.2, 0) is 18.9 Å². The number of fused-ring (bicyclic) bond motifs is 7. The minimum absolute atomic E-state index is 0.0304. The molecule has 7 rings (SSSR count). The van der Waals surface area contributed by atoms with E-state index in [9.17, 15) is 35.7 Å². The summed E-state index contributed by atoms with van der Waals surface area (Å²) in [6, 6.07) is 0. The van der Waals surface area contributed by atoms with Crippen molar-refractivity contribution in [3.8, 4) is 0 Å². The van der Waals surface area contributed by atoms with Crippen LogP contribution in [0, 0.1) is 34.5 Å². The van der Waals surface area contributed by atoms with E-state index in [1.54, 1.807) is 0 Å². The Morgan fingerprint density at radius 3 is 2.41 bits per heavy atom. The molecular formula is C33H52O11. The summed E-state index contributed by atoms with van der Waals surface area (Å²) in [4.78, 5) is 0. The molecule has 11 heteroatoms. The van der Waals surface area contributed by atoms with Crippen molar-refractivity contribution in [1.29, 1.82) is 0 Å². The molecule has 17 atom stereocenters. The van der Waals surface area contributed by atoms with Crippen molar-refractivity contribution in [2.24, 2.45) is 34.5 Å². The van der Waals surface area contributed by atoms with Gasteiger partial charge in [0.05, 0.1) is 42.7 Å². The maximum atomic E-state index is 12.7. The molecule has 0 aromatic heterocycles. The van der Waals surface area contributed by atoms with Crippen molar-refractivity contribution in [2.45, 2.75) is 145 Å². The Hall–Kier alpha value is -0.700. The van der Waals surface area contributed by atoms with E-state index >= 15 is 0 Å². The third-order valence-electron chi connectivity index (χ3n) is 13.8. The van der Waals surface area contributed by atoms with E-state index < -0.39 is 71.9 Å². The number of rotatable bonds is 3. The van der Waals surface area contributed by atoms with Crippen LogP contribution in [0.4, 0.5) is 0 Å². The van der Waals surface area contributed by atoms with Gasteiger partial charge >= 0.3 is 0 Å². The molecule has 3 heterocycles. The number of hydrogen-bond donors (Lipinski definition) is 7. The van der Waals surface area contributed by atoms with Crippen LogP contribution in [0.5, 0.6) is 0 Å². The third-order valence-corrected chi connectivity index (χ3v) is 13.8. The van der Waals surface area contributed by atoms with Gasteiger partial charge in [0.1, 0.15) is 24.4 Å². The molecule has 0 aromatic rings. The van der Waals surface area contributed by atoms with E-state index in [0.717, 1.165) is 37.9 Å². The topological polar surface area (TPSA) is 179 Å². The summed E-state index contributed by atoms with van der Waals surface area (Å²) in [5, 5.41) is 76.8. The van der Waals surface area contributed by atoms with Gasteiger partial charge in [-0.1, -0.05) is 33.8 Å². The molecule has 0 unspecified atom stereocenters. The standard InChI is InChI=1S/C33H52O11/c1-16-5-8-33(41-15-16)17(2)24-21(44-33)11-19-18-6-7-31(39)13-22(42-28-27(38)26(37)25(36)23(14-34)43-28)20(35)12-30(31,4)32(18,40)10-9-29(19,24)3/h6,16-17,19-28,34-40H,5,7-15H2,1-4H3/t16-,17+,19+,20-,21+,22-,23-,24+,25-,26+,27-,28-,29+,30+,31-,32-,33-/m1/s1. The lowest BCUT2D eigenvalue weighted by Gasteiger charge is -2.65. The molecule has 0 radical (unpaired) electrons. The van der Waals surface area contributed by atoms with E-state index in [-0.39, 0.29) is 42.6 Å². The molecule has 250 valence electrons. The lowest BCUT2D eigenvalue weighted by atomic mass is 9.43. The highest BCUT2D eigenvalue weighted by molar-refractivity contribution is 5.39. The molecule has 3 aliphatic heterocycles. The van der Waals surface area contributed by atoms with Crippen molar-refractivity contribution in [1.82, 2.24) is 0 Å². The number of aliphatic hydroxyl groups excluding tert-OH is 5. The summed E-state index contributed by atoms with van der Waals surface area (Å²) in [6.45, 7) is 8.83. The van der Waals surface area contributed by atoms with Crippen molar-refractivity contribution < 1.29 is 54.7 Å². The Morgan fingerprint density at radius 1 is 0.977 bits per heavy atom. The van der Waals surface area contributed by atoms with E-state index in [4.69, 9.17) is 18.9 Å². The fourth-order valence-corrected chi connectivity index (χ4v) is 11.0. The van der Waals surface area contributed by atoms with Crippen molar-refractivity contribution >= 4 is 0 Å². The molecule has 0 bridgehead atoms. The quantitative estimate of drug-likeness (QED) is 0.220. The first kappa shape index (κ1) is 31.9. The van der Waals surface area contributed by atoms with Crippen LogP contribution in [0.1, 0.15) is 79.1 Å². The zero-order valence-electron chi connectivity index (χ0n) is 26.3. The minimum atomic E-state index is -1.62. The molecule has 0 amide bonds. The summed E-state index contributed by atoms with van der Waals surface area (Å²) in [5.74, 6) is 0.619. The molecule has 1 spiro atoms. The van der Waals surface area contributed by atoms with Crippen molar-refractivity contribution in [3.05, 3.63) is 11.6 Å². The number of hydrogen-bond acceptors (Lipinski definition) is 11. The molecule has 3 saturated carbocycles. The first-order valence-electron chi connectivity index (χ1n) is 16.7. The second-order valence-electron chi connectivity index (χ2n) is 16.0. The fourth-order valence-electron chi connectivity index (χ4n) is 11.0. The average Bonchev–Trinajstić information content (AvgIpc) is 3.42. The Labute approximate surface area is 259 Å². The first-order valence-corrected chi connectivity index (χ1v) is 16.7. The second kappa shape index (κ2) is 10.4. The highest BCUT2D eigenvalue weighted by atomic mass is 16.7. The predicted octanol–water partition coefficient (Wildman–Crippen LogP) is 0.739. The average molecular weight is 625 g/mol. The Bertz CT molecular complexity index is 1150. The molecule has 11 nitrogen and oxygen atoms in total. The summed E-state index contributed by atoms with van der Waals surface area (Å²) in [7, 11) is 0. The summed E-state index contributed by atoms with van der Waals surface area (Å²) >= 11 is 0. The number of aliphatic hydroxyl groups is 7. The van der Waals surface area contributed by atoms with Crippen LogP contribution >= 0.6 is 0 Å². The van der Waals surface area contributed by atoms with Crippen LogP contribution in [-0.4, -0.2) is 115 Å². The zero-order valence-corrected chi connectivity index (χ0v) is 26.3. The van der Waals surface area contributed by atoms with E-state index in [2.05, 4.69) is 20.8 Å².